The van der Waals surface area contributed by atoms with Crippen molar-refractivity contribution in [3.8, 4) is 5.75 Å². The number of rotatable bonds is 9. The van der Waals surface area contributed by atoms with E-state index in [0.717, 1.165) is 9.80 Å². The van der Waals surface area contributed by atoms with Gasteiger partial charge in [-0.3, -0.25) is 19.2 Å². The number of benzene rings is 4. The third kappa shape index (κ3) is 7.17. The molecule has 0 spiro atoms. The molecule has 4 amide bonds. The highest BCUT2D eigenvalue weighted by Gasteiger charge is 2.40. The van der Waals surface area contributed by atoms with Gasteiger partial charge in [0.25, 0.3) is 11.8 Å². The molecule has 0 saturated carbocycles. The lowest BCUT2D eigenvalue weighted by atomic mass is 10.1. The van der Waals surface area contributed by atoms with Crippen molar-refractivity contribution in [1.82, 2.24) is 5.32 Å². The SMILES string of the molecule is COc1ccc(/C=C(\NC(=O)c2ccccc2)C(=O)Nc2ccc(SC3CC(=O)N(c4ccc(F)cc4)C3=O)cc2)cc1. The van der Waals surface area contributed by atoms with Gasteiger partial charge < -0.3 is 15.4 Å². The molecule has 43 heavy (non-hydrogen) atoms. The predicted octanol–water partition coefficient (Wildman–Crippen LogP) is 5.67. The molecule has 1 saturated heterocycles. The van der Waals surface area contributed by atoms with Gasteiger partial charge in [-0.05, 0) is 84.4 Å². The number of carbonyl (C=O) groups is 4. The van der Waals surface area contributed by atoms with Crippen molar-refractivity contribution in [3.63, 3.8) is 0 Å². The van der Waals surface area contributed by atoms with Crippen LogP contribution in [0.15, 0.2) is 114 Å². The maximum absolute atomic E-state index is 13.3. The Morgan fingerprint density at radius 3 is 2.23 bits per heavy atom. The van der Waals surface area contributed by atoms with E-state index in [1.54, 1.807) is 92.0 Å². The van der Waals surface area contributed by atoms with Gasteiger partial charge in [0.2, 0.25) is 11.8 Å². The number of nitrogens with one attached hydrogen (secondary N) is 2. The van der Waals surface area contributed by atoms with Crippen molar-refractivity contribution in [1.29, 1.82) is 0 Å². The van der Waals surface area contributed by atoms with Crippen LogP contribution in [0.2, 0.25) is 0 Å². The normalized spacial score (nSPS) is 14.9. The summed E-state index contributed by atoms with van der Waals surface area (Å²) in [6, 6.07) is 27.6. The molecule has 8 nitrogen and oxygen atoms in total. The van der Waals surface area contributed by atoms with Crippen LogP contribution in [0.25, 0.3) is 6.08 Å². The summed E-state index contributed by atoms with van der Waals surface area (Å²) in [5, 5.41) is 4.86. The molecule has 216 valence electrons. The molecule has 0 radical (unpaired) electrons. The first-order valence-corrected chi connectivity index (χ1v) is 14.1. The van der Waals surface area contributed by atoms with Gasteiger partial charge in [-0.25, -0.2) is 9.29 Å². The minimum atomic E-state index is -0.634. The van der Waals surface area contributed by atoms with E-state index in [4.69, 9.17) is 4.74 Å². The Labute approximate surface area is 251 Å². The molecule has 0 aromatic heterocycles. The molecule has 2 N–H and O–H groups in total. The first-order chi connectivity index (χ1) is 20.8. The molecule has 0 bridgehead atoms. The Morgan fingerprint density at radius 2 is 1.58 bits per heavy atom. The van der Waals surface area contributed by atoms with Crippen LogP contribution in [0, 0.1) is 5.82 Å². The van der Waals surface area contributed by atoms with E-state index in [2.05, 4.69) is 10.6 Å². The first-order valence-electron chi connectivity index (χ1n) is 13.2. The fraction of sp³-hybridized carbons (Fsp3) is 0.0909. The number of anilines is 2. The monoisotopic (exact) mass is 595 g/mol. The largest absolute Gasteiger partial charge is 0.497 e. The zero-order valence-corrected chi connectivity index (χ0v) is 23.8. The van der Waals surface area contributed by atoms with Crippen molar-refractivity contribution >= 4 is 52.8 Å². The summed E-state index contributed by atoms with van der Waals surface area (Å²) >= 11 is 1.23. The van der Waals surface area contributed by atoms with Gasteiger partial charge in [0.05, 0.1) is 18.0 Å². The fourth-order valence-corrected chi connectivity index (χ4v) is 5.40. The van der Waals surface area contributed by atoms with E-state index < -0.39 is 22.9 Å². The third-order valence-electron chi connectivity index (χ3n) is 6.54. The van der Waals surface area contributed by atoms with E-state index in [9.17, 15) is 23.6 Å². The zero-order chi connectivity index (χ0) is 30.3. The van der Waals surface area contributed by atoms with Gasteiger partial charge >= 0.3 is 0 Å². The molecule has 1 aliphatic rings. The van der Waals surface area contributed by atoms with Crippen molar-refractivity contribution in [2.24, 2.45) is 0 Å². The minimum absolute atomic E-state index is 0.0139. The van der Waals surface area contributed by atoms with Crippen LogP contribution in [-0.2, 0) is 14.4 Å². The van der Waals surface area contributed by atoms with E-state index in [1.807, 2.05) is 0 Å². The molecule has 4 aromatic carbocycles. The fourth-order valence-electron chi connectivity index (χ4n) is 4.35. The number of ether oxygens (including phenoxy) is 1. The standard InChI is InChI=1S/C33H26FN3O5S/c1-42-26-15-7-21(8-16-26)19-28(36-31(39)22-5-3-2-4-6-22)32(40)35-24-11-17-27(18-12-24)43-29-20-30(38)37(33(29)41)25-13-9-23(34)10-14-25/h2-19,29H,20H2,1H3,(H,35,40)(H,36,39)/b28-19-. The molecule has 1 heterocycles. The maximum atomic E-state index is 13.3. The second-order valence-corrected chi connectivity index (χ2v) is 10.8. The van der Waals surface area contributed by atoms with Crippen LogP contribution in [0.1, 0.15) is 22.3 Å². The van der Waals surface area contributed by atoms with Crippen molar-refractivity contribution in [2.45, 2.75) is 16.6 Å². The van der Waals surface area contributed by atoms with Crippen LogP contribution >= 0.6 is 11.8 Å². The molecule has 1 atom stereocenters. The molecule has 1 fully saturated rings. The molecule has 10 heteroatoms. The molecule has 0 aliphatic carbocycles. The summed E-state index contributed by atoms with van der Waals surface area (Å²) in [7, 11) is 1.56. The smallest absolute Gasteiger partial charge is 0.272 e. The van der Waals surface area contributed by atoms with Crippen molar-refractivity contribution in [2.75, 3.05) is 17.3 Å². The topological polar surface area (TPSA) is 105 Å². The van der Waals surface area contributed by atoms with Crippen molar-refractivity contribution in [3.05, 3.63) is 126 Å². The Hall–Kier alpha value is -5.22. The van der Waals surface area contributed by atoms with Gasteiger partial charge in [0, 0.05) is 22.6 Å². The number of halogens is 1. The Kier molecular flexibility index (Phi) is 8.97. The summed E-state index contributed by atoms with van der Waals surface area (Å²) in [5.41, 5.74) is 1.90. The number of amides is 4. The van der Waals surface area contributed by atoms with Crippen molar-refractivity contribution < 1.29 is 28.3 Å². The summed E-state index contributed by atoms with van der Waals surface area (Å²) in [6.07, 6.45) is 1.58. The molecule has 5 rings (SSSR count). The van der Waals surface area contributed by atoms with Crippen LogP contribution in [-0.4, -0.2) is 36.0 Å². The van der Waals surface area contributed by atoms with Crippen LogP contribution < -0.4 is 20.3 Å². The van der Waals surface area contributed by atoms with E-state index >= 15 is 0 Å². The second-order valence-electron chi connectivity index (χ2n) is 9.48. The maximum Gasteiger partial charge on any atom is 0.272 e. The summed E-state index contributed by atoms with van der Waals surface area (Å²) in [5.74, 6) is -1.50. The number of thioether (sulfide) groups is 1. The van der Waals surface area contributed by atoms with Gasteiger partial charge in [-0.2, -0.15) is 0 Å². The van der Waals surface area contributed by atoms with E-state index in [0.29, 0.717) is 28.3 Å². The molecular formula is C33H26FN3O5S. The molecule has 1 aliphatic heterocycles. The van der Waals surface area contributed by atoms with Crippen LogP contribution in [0.3, 0.4) is 0 Å². The van der Waals surface area contributed by atoms with Gasteiger partial charge in [0.1, 0.15) is 17.3 Å². The highest BCUT2D eigenvalue weighted by atomic mass is 32.2. The summed E-state index contributed by atoms with van der Waals surface area (Å²) < 4.78 is 18.5. The molecular weight excluding hydrogens is 569 g/mol. The lowest BCUT2D eigenvalue weighted by Gasteiger charge is -2.15. The third-order valence-corrected chi connectivity index (χ3v) is 7.73. The average molecular weight is 596 g/mol. The quantitative estimate of drug-likeness (QED) is 0.191. The predicted molar refractivity (Wildman–Crippen MR) is 163 cm³/mol. The summed E-state index contributed by atoms with van der Waals surface area (Å²) in [4.78, 5) is 53.5. The minimum Gasteiger partial charge on any atom is -0.497 e. The number of methoxy groups -OCH3 is 1. The number of hydrogen-bond donors (Lipinski definition) is 2. The lowest BCUT2D eigenvalue weighted by molar-refractivity contribution is -0.121. The van der Waals surface area contributed by atoms with Gasteiger partial charge in [-0.1, -0.05) is 30.3 Å². The van der Waals surface area contributed by atoms with Crippen LogP contribution in [0.5, 0.6) is 5.75 Å². The van der Waals surface area contributed by atoms with E-state index in [1.165, 1.54) is 36.0 Å². The number of hydrogen-bond acceptors (Lipinski definition) is 6. The Bertz CT molecular complexity index is 1670. The summed E-state index contributed by atoms with van der Waals surface area (Å²) in [6.45, 7) is 0. The first kappa shape index (κ1) is 29.3. The number of imide groups is 1. The van der Waals surface area contributed by atoms with E-state index in [-0.39, 0.29) is 23.9 Å². The number of carbonyl (C=O) groups excluding carboxylic acids is 4. The molecule has 1 unspecified atom stereocenters. The highest BCUT2D eigenvalue weighted by molar-refractivity contribution is 8.00. The number of nitrogens with zero attached hydrogens (tertiary/aromatic N) is 1. The highest BCUT2D eigenvalue weighted by Crippen LogP contribution is 2.34. The Morgan fingerprint density at radius 1 is 0.907 bits per heavy atom. The van der Waals surface area contributed by atoms with Gasteiger partial charge in [0.15, 0.2) is 0 Å². The van der Waals surface area contributed by atoms with Gasteiger partial charge in [-0.15, -0.1) is 11.8 Å². The molecule has 4 aromatic rings. The van der Waals surface area contributed by atoms with Crippen LogP contribution in [0.4, 0.5) is 15.8 Å². The lowest BCUT2D eigenvalue weighted by Crippen LogP contribution is -2.31. The average Bonchev–Trinajstić information content (AvgIpc) is 3.30. The Balaban J connectivity index is 1.28. The zero-order valence-electron chi connectivity index (χ0n) is 23.0. The second kappa shape index (κ2) is 13.2.